The Morgan fingerprint density at radius 2 is 2.50 bits per heavy atom. The SMILES string of the molecule is C=CCS/C=C/C#N. The number of hydrogen-bond acceptors (Lipinski definition) is 2. The smallest absolute Gasteiger partial charge is 0.0917 e. The zero-order valence-electron chi connectivity index (χ0n) is 4.50. The number of allylic oxidation sites excluding steroid dienone is 1. The van der Waals surface area contributed by atoms with Gasteiger partial charge in [-0.3, -0.25) is 0 Å². The summed E-state index contributed by atoms with van der Waals surface area (Å²) in [5, 5.41) is 9.74. The van der Waals surface area contributed by atoms with Gasteiger partial charge in [-0.2, -0.15) is 5.26 Å². The van der Waals surface area contributed by atoms with Gasteiger partial charge in [-0.15, -0.1) is 18.3 Å². The maximum atomic E-state index is 7.99. The van der Waals surface area contributed by atoms with Gasteiger partial charge in [0.05, 0.1) is 6.07 Å². The predicted molar refractivity (Wildman–Crippen MR) is 37.4 cm³/mol. The maximum absolute atomic E-state index is 7.99. The van der Waals surface area contributed by atoms with Gasteiger partial charge in [-0.25, -0.2) is 0 Å². The molecule has 0 saturated heterocycles. The Morgan fingerprint density at radius 3 is 3.00 bits per heavy atom. The van der Waals surface area contributed by atoms with Gasteiger partial charge >= 0.3 is 0 Å². The third kappa shape index (κ3) is 5.32. The minimum absolute atomic E-state index is 0.873. The van der Waals surface area contributed by atoms with E-state index in [0.29, 0.717) is 0 Å². The van der Waals surface area contributed by atoms with Crippen molar-refractivity contribution in [2.75, 3.05) is 5.75 Å². The number of hydrogen-bond donors (Lipinski definition) is 0. The van der Waals surface area contributed by atoms with E-state index >= 15 is 0 Å². The van der Waals surface area contributed by atoms with Crippen LogP contribution < -0.4 is 0 Å². The summed E-state index contributed by atoms with van der Waals surface area (Å²) < 4.78 is 0. The van der Waals surface area contributed by atoms with Crippen LogP contribution in [-0.2, 0) is 0 Å². The summed E-state index contributed by atoms with van der Waals surface area (Å²) >= 11 is 1.56. The van der Waals surface area contributed by atoms with Crippen LogP contribution in [0.3, 0.4) is 0 Å². The summed E-state index contributed by atoms with van der Waals surface area (Å²) in [6, 6.07) is 1.89. The molecule has 0 atom stereocenters. The van der Waals surface area contributed by atoms with E-state index in [0.717, 1.165) is 5.75 Å². The van der Waals surface area contributed by atoms with Gasteiger partial charge in [0, 0.05) is 11.8 Å². The Balaban J connectivity index is 3.06. The molecule has 0 amide bonds. The third-order valence-electron chi connectivity index (χ3n) is 0.453. The standard InChI is InChI=1S/C6H7NS/c1-2-5-8-6-3-4-7/h2-3,6H,1,5H2/b6-3+. The van der Waals surface area contributed by atoms with Gasteiger partial charge in [-0.1, -0.05) is 6.08 Å². The Kier molecular flexibility index (Phi) is 5.78. The van der Waals surface area contributed by atoms with E-state index in [4.69, 9.17) is 5.26 Å². The van der Waals surface area contributed by atoms with Crippen molar-refractivity contribution < 1.29 is 0 Å². The molecule has 0 aliphatic carbocycles. The van der Waals surface area contributed by atoms with Crippen molar-refractivity contribution in [3.8, 4) is 6.07 Å². The van der Waals surface area contributed by atoms with E-state index in [1.807, 2.05) is 6.07 Å². The lowest BCUT2D eigenvalue weighted by Gasteiger charge is -1.78. The van der Waals surface area contributed by atoms with Crippen molar-refractivity contribution in [2.24, 2.45) is 0 Å². The van der Waals surface area contributed by atoms with Gasteiger partial charge in [0.15, 0.2) is 0 Å². The van der Waals surface area contributed by atoms with Crippen LogP contribution in [0.4, 0.5) is 0 Å². The second-order valence-electron chi connectivity index (χ2n) is 1.05. The highest BCUT2D eigenvalue weighted by Crippen LogP contribution is 1.99. The summed E-state index contributed by atoms with van der Waals surface area (Å²) in [4.78, 5) is 0. The molecule has 0 aromatic heterocycles. The predicted octanol–water partition coefficient (Wildman–Crippen LogP) is 1.94. The van der Waals surface area contributed by atoms with Gasteiger partial charge in [0.1, 0.15) is 0 Å². The van der Waals surface area contributed by atoms with Crippen LogP contribution in [0.15, 0.2) is 24.1 Å². The van der Waals surface area contributed by atoms with Gasteiger partial charge in [0.2, 0.25) is 0 Å². The lowest BCUT2D eigenvalue weighted by molar-refractivity contribution is 1.54. The lowest BCUT2D eigenvalue weighted by Crippen LogP contribution is -1.59. The summed E-state index contributed by atoms with van der Waals surface area (Å²) in [7, 11) is 0. The van der Waals surface area contributed by atoms with E-state index in [1.54, 1.807) is 23.2 Å². The molecule has 2 heteroatoms. The largest absolute Gasteiger partial charge is 0.193 e. The topological polar surface area (TPSA) is 23.8 Å². The van der Waals surface area contributed by atoms with Gasteiger partial charge < -0.3 is 0 Å². The van der Waals surface area contributed by atoms with Crippen LogP contribution in [0.1, 0.15) is 0 Å². The summed E-state index contributed by atoms with van der Waals surface area (Å²) in [5.41, 5.74) is 0. The fourth-order valence-electron chi connectivity index (χ4n) is 0.202. The van der Waals surface area contributed by atoms with Gasteiger partial charge in [-0.05, 0) is 5.41 Å². The molecule has 0 aromatic carbocycles. The molecule has 1 nitrogen and oxygen atoms in total. The van der Waals surface area contributed by atoms with Crippen LogP contribution in [-0.4, -0.2) is 5.75 Å². The van der Waals surface area contributed by atoms with Gasteiger partial charge in [0.25, 0.3) is 0 Å². The van der Waals surface area contributed by atoms with Crippen molar-refractivity contribution in [2.45, 2.75) is 0 Å². The molecule has 0 saturated carbocycles. The fourth-order valence-corrected chi connectivity index (χ4v) is 0.606. The van der Waals surface area contributed by atoms with E-state index < -0.39 is 0 Å². The van der Waals surface area contributed by atoms with Crippen molar-refractivity contribution in [3.63, 3.8) is 0 Å². The fraction of sp³-hybridized carbons (Fsp3) is 0.167. The zero-order valence-corrected chi connectivity index (χ0v) is 5.32. The molecular weight excluding hydrogens is 118 g/mol. The minimum Gasteiger partial charge on any atom is -0.193 e. The third-order valence-corrected chi connectivity index (χ3v) is 1.21. The Labute approximate surface area is 53.7 Å². The first kappa shape index (κ1) is 7.32. The number of nitriles is 1. The molecule has 0 aliphatic heterocycles. The Morgan fingerprint density at radius 1 is 1.75 bits per heavy atom. The van der Waals surface area contributed by atoms with Crippen LogP contribution in [0, 0.1) is 11.3 Å². The molecule has 0 aliphatic rings. The van der Waals surface area contributed by atoms with Crippen molar-refractivity contribution in [3.05, 3.63) is 24.1 Å². The normalized spacial score (nSPS) is 8.88. The second-order valence-corrected chi connectivity index (χ2v) is 1.99. The van der Waals surface area contributed by atoms with Crippen LogP contribution in [0.2, 0.25) is 0 Å². The molecular formula is C6H7NS. The zero-order chi connectivity index (χ0) is 6.24. The molecule has 0 bridgehead atoms. The first-order valence-corrected chi connectivity index (χ1v) is 3.24. The molecule has 0 spiro atoms. The van der Waals surface area contributed by atoms with Crippen LogP contribution in [0.25, 0.3) is 0 Å². The number of nitrogens with zero attached hydrogens (tertiary/aromatic N) is 1. The molecule has 0 fully saturated rings. The Hall–Kier alpha value is -0.680. The van der Waals surface area contributed by atoms with Crippen molar-refractivity contribution >= 4 is 11.8 Å². The first-order chi connectivity index (χ1) is 3.91. The summed E-state index contributed by atoms with van der Waals surface area (Å²) in [6.07, 6.45) is 3.25. The molecule has 0 heterocycles. The average Bonchev–Trinajstić information content (AvgIpc) is 1.81. The monoisotopic (exact) mass is 125 g/mol. The van der Waals surface area contributed by atoms with Crippen molar-refractivity contribution in [1.29, 1.82) is 5.26 Å². The average molecular weight is 125 g/mol. The maximum Gasteiger partial charge on any atom is 0.0917 e. The molecule has 0 N–H and O–H groups in total. The van der Waals surface area contributed by atoms with Crippen molar-refractivity contribution in [1.82, 2.24) is 0 Å². The van der Waals surface area contributed by atoms with E-state index in [9.17, 15) is 0 Å². The highest BCUT2D eigenvalue weighted by atomic mass is 32.2. The molecule has 0 radical (unpaired) electrons. The van der Waals surface area contributed by atoms with E-state index in [2.05, 4.69) is 6.58 Å². The summed E-state index contributed by atoms with van der Waals surface area (Å²) in [5.74, 6) is 0.873. The van der Waals surface area contributed by atoms with Crippen LogP contribution >= 0.6 is 11.8 Å². The quantitative estimate of drug-likeness (QED) is 0.327. The molecule has 0 unspecified atom stereocenters. The second kappa shape index (κ2) is 6.32. The summed E-state index contributed by atoms with van der Waals surface area (Å²) in [6.45, 7) is 3.52. The molecule has 8 heavy (non-hydrogen) atoms. The molecule has 0 rings (SSSR count). The van der Waals surface area contributed by atoms with Crippen LogP contribution in [0.5, 0.6) is 0 Å². The highest BCUT2D eigenvalue weighted by molar-refractivity contribution is 8.02. The number of thioether (sulfide) groups is 1. The minimum atomic E-state index is 0.873. The van der Waals surface area contributed by atoms with E-state index in [-0.39, 0.29) is 0 Å². The molecule has 42 valence electrons. The highest BCUT2D eigenvalue weighted by Gasteiger charge is 1.70. The first-order valence-electron chi connectivity index (χ1n) is 2.19. The van der Waals surface area contributed by atoms with E-state index in [1.165, 1.54) is 6.08 Å². The Bertz CT molecular complexity index is 121. The molecule has 0 aromatic rings. The number of rotatable bonds is 3. The lowest BCUT2D eigenvalue weighted by atomic mass is 10.7.